The molecule has 72 valence electrons. The van der Waals surface area contributed by atoms with Gasteiger partial charge >= 0.3 is 0 Å². The third-order valence-electron chi connectivity index (χ3n) is 2.25. The van der Waals surface area contributed by atoms with E-state index in [9.17, 15) is 4.79 Å². The molecule has 1 atom stereocenters. The van der Waals surface area contributed by atoms with E-state index in [4.69, 9.17) is 0 Å². The van der Waals surface area contributed by atoms with Crippen LogP contribution >= 0.6 is 0 Å². The molecule has 0 aliphatic rings. The number of carbonyl (C=O) groups is 1. The SMILES string of the molecule is CC(C=O)CCCc1ccnn1C. The third kappa shape index (κ3) is 3.01. The Hall–Kier alpha value is -1.12. The summed E-state index contributed by atoms with van der Waals surface area (Å²) in [5, 5.41) is 4.08. The van der Waals surface area contributed by atoms with Gasteiger partial charge in [-0.2, -0.15) is 5.10 Å². The Morgan fingerprint density at radius 1 is 1.69 bits per heavy atom. The van der Waals surface area contributed by atoms with E-state index in [1.807, 2.05) is 24.7 Å². The monoisotopic (exact) mass is 180 g/mol. The van der Waals surface area contributed by atoms with Gasteiger partial charge in [-0.3, -0.25) is 4.68 Å². The second-order valence-corrected chi connectivity index (χ2v) is 3.45. The molecule has 0 amide bonds. The first-order chi connectivity index (χ1) is 6.24. The number of carbonyl (C=O) groups excluding carboxylic acids is 1. The fraction of sp³-hybridized carbons (Fsp3) is 0.600. The number of aldehydes is 1. The van der Waals surface area contributed by atoms with E-state index in [-0.39, 0.29) is 5.92 Å². The number of rotatable bonds is 5. The average Bonchev–Trinajstić information content (AvgIpc) is 2.52. The van der Waals surface area contributed by atoms with E-state index in [2.05, 4.69) is 5.10 Å². The lowest BCUT2D eigenvalue weighted by Crippen LogP contribution is -2.01. The molecule has 0 aliphatic carbocycles. The smallest absolute Gasteiger partial charge is 0.122 e. The summed E-state index contributed by atoms with van der Waals surface area (Å²) in [5.41, 5.74) is 1.23. The van der Waals surface area contributed by atoms with Crippen LogP contribution in [0.15, 0.2) is 12.3 Å². The molecule has 1 aromatic rings. The van der Waals surface area contributed by atoms with Crippen LogP contribution in [0.1, 0.15) is 25.5 Å². The third-order valence-corrected chi connectivity index (χ3v) is 2.25. The largest absolute Gasteiger partial charge is 0.303 e. The van der Waals surface area contributed by atoms with Crippen molar-refractivity contribution in [2.24, 2.45) is 13.0 Å². The zero-order chi connectivity index (χ0) is 9.68. The highest BCUT2D eigenvalue weighted by molar-refractivity contribution is 5.52. The number of nitrogens with zero attached hydrogens (tertiary/aromatic N) is 2. The van der Waals surface area contributed by atoms with Gasteiger partial charge in [0.2, 0.25) is 0 Å². The molecule has 0 N–H and O–H groups in total. The molecule has 1 heterocycles. The number of hydrogen-bond acceptors (Lipinski definition) is 2. The van der Waals surface area contributed by atoms with Crippen LogP contribution in [0.25, 0.3) is 0 Å². The van der Waals surface area contributed by atoms with Crippen molar-refractivity contribution in [3.8, 4) is 0 Å². The maximum absolute atomic E-state index is 10.3. The van der Waals surface area contributed by atoms with Crippen LogP contribution in [0.4, 0.5) is 0 Å². The summed E-state index contributed by atoms with van der Waals surface area (Å²) in [5.74, 6) is 0.188. The Kier molecular flexibility index (Phi) is 3.68. The molecule has 0 fully saturated rings. The standard InChI is InChI=1S/C10H16N2O/c1-9(8-13)4-3-5-10-6-7-11-12(10)2/h6-9H,3-5H2,1-2H3. The Bertz CT molecular complexity index is 268. The Labute approximate surface area is 78.8 Å². The molecule has 0 aromatic carbocycles. The van der Waals surface area contributed by atoms with Crippen LogP contribution in [0.5, 0.6) is 0 Å². The molecule has 1 unspecified atom stereocenters. The van der Waals surface area contributed by atoms with Crippen molar-refractivity contribution in [3.05, 3.63) is 18.0 Å². The number of aryl methyl sites for hydroxylation is 2. The second kappa shape index (κ2) is 4.80. The topological polar surface area (TPSA) is 34.9 Å². The minimum atomic E-state index is 0.188. The molecule has 0 saturated carbocycles. The first kappa shape index (κ1) is 9.96. The van der Waals surface area contributed by atoms with E-state index in [0.717, 1.165) is 25.5 Å². The zero-order valence-electron chi connectivity index (χ0n) is 8.23. The molecule has 0 radical (unpaired) electrons. The summed E-state index contributed by atoms with van der Waals surface area (Å²) in [6.07, 6.45) is 5.85. The van der Waals surface area contributed by atoms with E-state index >= 15 is 0 Å². The van der Waals surface area contributed by atoms with Crippen molar-refractivity contribution >= 4 is 6.29 Å². The molecule has 1 aromatic heterocycles. The molecule has 0 aliphatic heterocycles. The summed E-state index contributed by atoms with van der Waals surface area (Å²) in [7, 11) is 1.94. The summed E-state index contributed by atoms with van der Waals surface area (Å²) in [4.78, 5) is 10.3. The number of aromatic nitrogens is 2. The number of hydrogen-bond donors (Lipinski definition) is 0. The van der Waals surface area contributed by atoms with Crippen molar-refractivity contribution in [1.29, 1.82) is 0 Å². The molecule has 0 bridgehead atoms. The van der Waals surface area contributed by atoms with Crippen LogP contribution in [0.3, 0.4) is 0 Å². The quantitative estimate of drug-likeness (QED) is 0.645. The summed E-state index contributed by atoms with van der Waals surface area (Å²) in [6.45, 7) is 1.95. The molecular weight excluding hydrogens is 164 g/mol. The lowest BCUT2D eigenvalue weighted by atomic mass is 10.1. The first-order valence-corrected chi connectivity index (χ1v) is 4.66. The first-order valence-electron chi connectivity index (χ1n) is 4.66. The summed E-state index contributed by atoms with van der Waals surface area (Å²) >= 11 is 0. The Morgan fingerprint density at radius 3 is 3.00 bits per heavy atom. The molecule has 0 saturated heterocycles. The van der Waals surface area contributed by atoms with Gasteiger partial charge in [-0.15, -0.1) is 0 Å². The van der Waals surface area contributed by atoms with Crippen molar-refractivity contribution in [2.45, 2.75) is 26.2 Å². The van der Waals surface area contributed by atoms with Crippen LogP contribution in [0, 0.1) is 5.92 Å². The normalized spacial score (nSPS) is 12.8. The molecule has 0 spiro atoms. The summed E-state index contributed by atoms with van der Waals surface area (Å²) < 4.78 is 1.88. The van der Waals surface area contributed by atoms with E-state index in [1.54, 1.807) is 6.20 Å². The fourth-order valence-electron chi connectivity index (χ4n) is 1.32. The second-order valence-electron chi connectivity index (χ2n) is 3.45. The van der Waals surface area contributed by atoms with Crippen molar-refractivity contribution in [3.63, 3.8) is 0 Å². The molecular formula is C10H16N2O. The van der Waals surface area contributed by atoms with Gasteiger partial charge in [0.1, 0.15) is 6.29 Å². The maximum Gasteiger partial charge on any atom is 0.122 e. The van der Waals surface area contributed by atoms with Gasteiger partial charge in [0, 0.05) is 24.9 Å². The van der Waals surface area contributed by atoms with E-state index < -0.39 is 0 Å². The van der Waals surface area contributed by atoms with Crippen molar-refractivity contribution in [2.75, 3.05) is 0 Å². The highest BCUT2D eigenvalue weighted by atomic mass is 16.1. The van der Waals surface area contributed by atoms with Gasteiger partial charge in [0.05, 0.1) is 0 Å². The van der Waals surface area contributed by atoms with Crippen LogP contribution < -0.4 is 0 Å². The van der Waals surface area contributed by atoms with Gasteiger partial charge in [0.15, 0.2) is 0 Å². The predicted molar refractivity (Wildman–Crippen MR) is 51.4 cm³/mol. The average molecular weight is 180 g/mol. The Morgan fingerprint density at radius 2 is 2.46 bits per heavy atom. The van der Waals surface area contributed by atoms with Gasteiger partial charge in [-0.25, -0.2) is 0 Å². The highest BCUT2D eigenvalue weighted by Crippen LogP contribution is 2.07. The van der Waals surface area contributed by atoms with Gasteiger partial charge in [0.25, 0.3) is 0 Å². The Balaban J connectivity index is 2.27. The lowest BCUT2D eigenvalue weighted by Gasteiger charge is -2.03. The maximum atomic E-state index is 10.3. The molecule has 1 rings (SSSR count). The van der Waals surface area contributed by atoms with Gasteiger partial charge in [-0.1, -0.05) is 6.92 Å². The van der Waals surface area contributed by atoms with Crippen LogP contribution in [0.2, 0.25) is 0 Å². The zero-order valence-corrected chi connectivity index (χ0v) is 8.23. The van der Waals surface area contributed by atoms with Crippen LogP contribution in [-0.4, -0.2) is 16.1 Å². The highest BCUT2D eigenvalue weighted by Gasteiger charge is 2.01. The summed E-state index contributed by atoms with van der Waals surface area (Å²) in [6, 6.07) is 2.02. The predicted octanol–water partition coefficient (Wildman–Crippen LogP) is 1.58. The van der Waals surface area contributed by atoms with E-state index in [1.165, 1.54) is 5.69 Å². The lowest BCUT2D eigenvalue weighted by molar-refractivity contribution is -0.110. The molecule has 3 nitrogen and oxygen atoms in total. The van der Waals surface area contributed by atoms with Gasteiger partial charge < -0.3 is 4.79 Å². The van der Waals surface area contributed by atoms with Crippen molar-refractivity contribution < 1.29 is 4.79 Å². The minimum absolute atomic E-state index is 0.188. The van der Waals surface area contributed by atoms with Gasteiger partial charge in [-0.05, 0) is 25.3 Å². The fourth-order valence-corrected chi connectivity index (χ4v) is 1.32. The minimum Gasteiger partial charge on any atom is -0.303 e. The van der Waals surface area contributed by atoms with Crippen LogP contribution in [-0.2, 0) is 18.3 Å². The van der Waals surface area contributed by atoms with Crippen molar-refractivity contribution in [1.82, 2.24) is 9.78 Å². The molecule has 3 heteroatoms. The molecule has 13 heavy (non-hydrogen) atoms. The van der Waals surface area contributed by atoms with E-state index in [0.29, 0.717) is 0 Å².